The first-order chi connectivity index (χ1) is 7.59. The standard InChI is InChI=1S/C12H25NO2S.ClH/c1-3-5-8-13(9-6-4-2)12-7-10-16(14,15)11-12;/h12H,3-11H2,1-2H3;1H. The van der Waals surface area contributed by atoms with Gasteiger partial charge in [0.1, 0.15) is 11.8 Å². The van der Waals surface area contributed by atoms with Gasteiger partial charge in [-0.15, -0.1) is 0 Å². The van der Waals surface area contributed by atoms with Crippen LogP contribution in [0.15, 0.2) is 0 Å². The molecule has 5 heteroatoms. The summed E-state index contributed by atoms with van der Waals surface area (Å²) in [5.74, 6) is 0.842. The molecule has 0 amide bonds. The quantitative estimate of drug-likeness (QED) is 0.569. The predicted molar refractivity (Wildman–Crippen MR) is 67.6 cm³/mol. The smallest absolute Gasteiger partial charge is 0.156 e. The van der Waals surface area contributed by atoms with Gasteiger partial charge in [-0.2, -0.15) is 0 Å². The Morgan fingerprint density at radius 1 is 1.12 bits per heavy atom. The summed E-state index contributed by atoms with van der Waals surface area (Å²) in [4.78, 5) is 1.53. The molecular weight excluding hydrogens is 258 g/mol. The van der Waals surface area contributed by atoms with Crippen LogP contribution in [0, 0.1) is 0 Å². The molecule has 0 aromatic rings. The summed E-state index contributed by atoms with van der Waals surface area (Å²) >= 11 is 0. The zero-order valence-corrected chi connectivity index (χ0v) is 12.6. The highest BCUT2D eigenvalue weighted by molar-refractivity contribution is 7.91. The van der Waals surface area contributed by atoms with Crippen LogP contribution < -0.4 is 17.3 Å². The van der Waals surface area contributed by atoms with Crippen LogP contribution in [0.5, 0.6) is 0 Å². The maximum Gasteiger partial charge on any atom is 0.156 e. The van der Waals surface area contributed by atoms with Gasteiger partial charge in [-0.05, 0) is 12.8 Å². The molecule has 0 radical (unpaired) electrons. The molecule has 1 saturated heterocycles. The third kappa shape index (κ3) is 6.07. The van der Waals surface area contributed by atoms with E-state index in [1.165, 1.54) is 30.6 Å². The normalized spacial score (nSPS) is 22.6. The number of rotatable bonds is 7. The molecule has 1 N–H and O–H groups in total. The Kier molecular flexibility index (Phi) is 8.43. The van der Waals surface area contributed by atoms with Gasteiger partial charge >= 0.3 is 0 Å². The number of quaternary nitrogens is 1. The van der Waals surface area contributed by atoms with Crippen molar-refractivity contribution in [3.05, 3.63) is 0 Å². The van der Waals surface area contributed by atoms with E-state index < -0.39 is 9.84 Å². The van der Waals surface area contributed by atoms with Crippen LogP contribution in [0.1, 0.15) is 46.0 Å². The topological polar surface area (TPSA) is 38.6 Å². The van der Waals surface area contributed by atoms with E-state index >= 15 is 0 Å². The van der Waals surface area contributed by atoms with Crippen molar-refractivity contribution < 1.29 is 25.7 Å². The number of unbranched alkanes of at least 4 members (excludes halogenated alkanes) is 2. The Balaban J connectivity index is 0.00000256. The number of hydrogen-bond donors (Lipinski definition) is 1. The molecule has 1 atom stereocenters. The zero-order valence-electron chi connectivity index (χ0n) is 11.0. The lowest BCUT2D eigenvalue weighted by Gasteiger charge is -2.24. The van der Waals surface area contributed by atoms with Gasteiger partial charge in [-0.25, -0.2) is 8.42 Å². The van der Waals surface area contributed by atoms with Crippen molar-refractivity contribution in [3.63, 3.8) is 0 Å². The monoisotopic (exact) mass is 283 g/mol. The molecular formula is C12H26ClNO2S. The minimum absolute atomic E-state index is 0. The van der Waals surface area contributed by atoms with E-state index in [4.69, 9.17) is 0 Å². The molecule has 0 aliphatic carbocycles. The molecule has 0 spiro atoms. The number of sulfone groups is 1. The minimum Gasteiger partial charge on any atom is -1.00 e. The summed E-state index contributed by atoms with van der Waals surface area (Å²) in [7, 11) is -2.71. The number of halogens is 1. The van der Waals surface area contributed by atoms with Crippen molar-refractivity contribution in [2.75, 3.05) is 24.6 Å². The first-order valence-corrected chi connectivity index (χ1v) is 8.46. The van der Waals surface area contributed by atoms with Crippen LogP contribution in [-0.4, -0.2) is 39.1 Å². The summed E-state index contributed by atoms with van der Waals surface area (Å²) < 4.78 is 23.0. The predicted octanol–water partition coefficient (Wildman–Crippen LogP) is -2.34. The first kappa shape index (κ1) is 17.2. The van der Waals surface area contributed by atoms with E-state index in [0.29, 0.717) is 17.5 Å². The summed E-state index contributed by atoms with van der Waals surface area (Å²) in [6.45, 7) is 6.69. The summed E-state index contributed by atoms with van der Waals surface area (Å²) in [6, 6.07) is 0.378. The van der Waals surface area contributed by atoms with Gasteiger partial charge in [0, 0.05) is 6.42 Å². The Hall–Kier alpha value is 0.200. The van der Waals surface area contributed by atoms with Gasteiger partial charge in [-0.1, -0.05) is 26.7 Å². The lowest BCUT2D eigenvalue weighted by molar-refractivity contribution is -0.922. The molecule has 17 heavy (non-hydrogen) atoms. The van der Waals surface area contributed by atoms with Crippen molar-refractivity contribution in [2.45, 2.75) is 52.0 Å². The van der Waals surface area contributed by atoms with Crippen molar-refractivity contribution in [1.29, 1.82) is 0 Å². The first-order valence-electron chi connectivity index (χ1n) is 6.64. The second-order valence-electron chi connectivity index (χ2n) is 4.97. The molecule has 1 aliphatic rings. The van der Waals surface area contributed by atoms with Crippen molar-refractivity contribution in [2.24, 2.45) is 0 Å². The molecule has 0 aromatic carbocycles. The van der Waals surface area contributed by atoms with Crippen LogP contribution >= 0.6 is 0 Å². The van der Waals surface area contributed by atoms with Crippen LogP contribution in [0.3, 0.4) is 0 Å². The van der Waals surface area contributed by atoms with Crippen molar-refractivity contribution in [1.82, 2.24) is 0 Å². The van der Waals surface area contributed by atoms with E-state index in [9.17, 15) is 8.42 Å². The maximum atomic E-state index is 11.5. The van der Waals surface area contributed by atoms with Crippen LogP contribution in [0.25, 0.3) is 0 Å². The fraction of sp³-hybridized carbons (Fsp3) is 1.00. The van der Waals surface area contributed by atoms with Gasteiger partial charge in [0.25, 0.3) is 0 Å². The highest BCUT2D eigenvalue weighted by Crippen LogP contribution is 2.09. The number of hydrogen-bond acceptors (Lipinski definition) is 2. The molecule has 1 aliphatic heterocycles. The summed E-state index contributed by atoms with van der Waals surface area (Å²) in [6.07, 6.45) is 5.72. The van der Waals surface area contributed by atoms with E-state index in [1.807, 2.05) is 0 Å². The average molecular weight is 284 g/mol. The second kappa shape index (κ2) is 8.33. The van der Waals surface area contributed by atoms with Crippen LogP contribution in [0.4, 0.5) is 0 Å². The van der Waals surface area contributed by atoms with E-state index in [-0.39, 0.29) is 12.4 Å². The lowest BCUT2D eigenvalue weighted by Crippen LogP contribution is -3.16. The molecule has 1 fully saturated rings. The fourth-order valence-corrected chi connectivity index (χ4v) is 4.28. The molecule has 1 heterocycles. The third-order valence-electron chi connectivity index (χ3n) is 3.51. The molecule has 1 unspecified atom stereocenters. The maximum absolute atomic E-state index is 11.5. The van der Waals surface area contributed by atoms with E-state index in [0.717, 1.165) is 19.5 Å². The highest BCUT2D eigenvalue weighted by atomic mass is 35.5. The van der Waals surface area contributed by atoms with Gasteiger partial charge in [0.2, 0.25) is 0 Å². The van der Waals surface area contributed by atoms with Gasteiger partial charge < -0.3 is 17.3 Å². The largest absolute Gasteiger partial charge is 1.00 e. The zero-order chi connectivity index (χ0) is 12.0. The Morgan fingerprint density at radius 3 is 2.00 bits per heavy atom. The van der Waals surface area contributed by atoms with Gasteiger partial charge in [0.15, 0.2) is 9.84 Å². The highest BCUT2D eigenvalue weighted by Gasteiger charge is 2.34. The Labute approximate surface area is 112 Å². The molecule has 0 bridgehead atoms. The van der Waals surface area contributed by atoms with E-state index in [2.05, 4.69) is 13.8 Å². The number of nitrogens with one attached hydrogen (secondary N) is 1. The van der Waals surface area contributed by atoms with Gasteiger partial charge in [-0.3, -0.25) is 0 Å². The molecule has 0 aromatic heterocycles. The summed E-state index contributed by atoms with van der Waals surface area (Å²) in [5.41, 5.74) is 0. The Morgan fingerprint density at radius 2 is 1.65 bits per heavy atom. The summed E-state index contributed by atoms with van der Waals surface area (Å²) in [5, 5.41) is 0. The molecule has 0 saturated carbocycles. The van der Waals surface area contributed by atoms with Crippen molar-refractivity contribution >= 4 is 9.84 Å². The van der Waals surface area contributed by atoms with E-state index in [1.54, 1.807) is 0 Å². The lowest BCUT2D eigenvalue weighted by atomic mass is 10.2. The molecule has 1 rings (SSSR count). The fourth-order valence-electron chi connectivity index (χ4n) is 2.46. The molecule has 104 valence electrons. The van der Waals surface area contributed by atoms with Crippen LogP contribution in [0.2, 0.25) is 0 Å². The molecule has 3 nitrogen and oxygen atoms in total. The average Bonchev–Trinajstić information content (AvgIpc) is 2.59. The SMILES string of the molecule is CCCC[NH+](CCCC)C1CCS(=O)(=O)C1.[Cl-]. The Bertz CT molecular complexity index is 285. The third-order valence-corrected chi connectivity index (χ3v) is 5.28. The van der Waals surface area contributed by atoms with Crippen molar-refractivity contribution in [3.8, 4) is 0 Å². The minimum atomic E-state index is -2.71. The van der Waals surface area contributed by atoms with Crippen LogP contribution in [-0.2, 0) is 9.84 Å². The van der Waals surface area contributed by atoms with Gasteiger partial charge in [0.05, 0.1) is 18.8 Å². The second-order valence-corrected chi connectivity index (χ2v) is 7.19.